The van der Waals surface area contributed by atoms with E-state index >= 15 is 0 Å². The van der Waals surface area contributed by atoms with Gasteiger partial charge in [-0.2, -0.15) is 0 Å². The van der Waals surface area contributed by atoms with Crippen molar-refractivity contribution in [1.29, 1.82) is 0 Å². The molecule has 2 aromatic rings. The average molecular weight is 445 g/mol. The normalized spacial score (nSPS) is 16.7. The van der Waals surface area contributed by atoms with Crippen LogP contribution >= 0.6 is 11.3 Å². The number of benzene rings is 1. The lowest BCUT2D eigenvalue weighted by molar-refractivity contribution is 0.124. The van der Waals surface area contributed by atoms with Crippen LogP contribution in [0.4, 0.5) is 15.6 Å². The second kappa shape index (κ2) is 9.74. The molecule has 0 saturated carbocycles. The number of nitrogens with one attached hydrogen (secondary N) is 3. The van der Waals surface area contributed by atoms with E-state index in [4.69, 9.17) is 14.2 Å². The second-order valence-corrected chi connectivity index (χ2v) is 8.60. The Kier molecular flexibility index (Phi) is 7.06. The number of carbonyl (C=O) groups excluding carboxylic acids is 1. The maximum absolute atomic E-state index is 12.2. The topological polar surface area (TPSA) is 93.7 Å². The van der Waals surface area contributed by atoms with E-state index in [2.05, 4.69) is 41.7 Å². The van der Waals surface area contributed by atoms with Crippen LogP contribution in [0.3, 0.4) is 0 Å². The van der Waals surface area contributed by atoms with Crippen LogP contribution < -0.4 is 25.4 Å². The molecule has 2 aliphatic heterocycles. The SMILES string of the molecule is CC.CC(C)(C)C1=CNC(/C=C/c2cnc(NC(=O)Nc3ccc4c(c3)OCO4)s2)O1. The van der Waals surface area contributed by atoms with Gasteiger partial charge in [-0.15, -0.1) is 0 Å². The lowest BCUT2D eigenvalue weighted by Crippen LogP contribution is -2.19. The molecule has 2 amide bonds. The Hall–Kier alpha value is -3.20. The Labute approximate surface area is 186 Å². The lowest BCUT2D eigenvalue weighted by Gasteiger charge is -2.20. The van der Waals surface area contributed by atoms with Gasteiger partial charge in [0.15, 0.2) is 22.9 Å². The quantitative estimate of drug-likeness (QED) is 0.585. The lowest BCUT2D eigenvalue weighted by atomic mass is 9.95. The predicted molar refractivity (Wildman–Crippen MR) is 123 cm³/mol. The van der Waals surface area contributed by atoms with Gasteiger partial charge in [0, 0.05) is 34.4 Å². The van der Waals surface area contributed by atoms with E-state index in [1.54, 1.807) is 24.4 Å². The third kappa shape index (κ3) is 5.91. The molecule has 2 aliphatic rings. The first-order valence-electron chi connectivity index (χ1n) is 10.1. The molecule has 9 heteroatoms. The summed E-state index contributed by atoms with van der Waals surface area (Å²) in [6.07, 6.45) is 7.21. The molecule has 1 aromatic heterocycles. The van der Waals surface area contributed by atoms with Gasteiger partial charge in [-0.25, -0.2) is 9.78 Å². The molecule has 0 aliphatic carbocycles. The van der Waals surface area contributed by atoms with Crippen molar-refractivity contribution in [3.05, 3.63) is 47.3 Å². The number of anilines is 2. The summed E-state index contributed by atoms with van der Waals surface area (Å²) in [5, 5.41) is 9.16. The fraction of sp³-hybridized carbons (Fsp3) is 0.364. The zero-order valence-corrected chi connectivity index (χ0v) is 19.1. The second-order valence-electron chi connectivity index (χ2n) is 7.54. The smallest absolute Gasteiger partial charge is 0.325 e. The number of aromatic nitrogens is 1. The standard InChI is InChI=1S/C20H22N4O4S.C2H6/c1-20(2,3)16-10-21-17(28-16)7-5-13-9-22-19(29-13)24-18(25)23-12-4-6-14-15(8-12)27-11-26-14;1-2/h4-10,17,21H,11H2,1-3H3,(H2,22,23,24,25);1-2H3/b7-5+;. The Morgan fingerprint density at radius 2 is 2.00 bits per heavy atom. The number of thiazole rings is 1. The summed E-state index contributed by atoms with van der Waals surface area (Å²) < 4.78 is 16.4. The van der Waals surface area contributed by atoms with Crippen molar-refractivity contribution < 1.29 is 19.0 Å². The summed E-state index contributed by atoms with van der Waals surface area (Å²) in [5.41, 5.74) is 0.567. The molecule has 0 saturated heterocycles. The van der Waals surface area contributed by atoms with E-state index in [0.717, 1.165) is 10.6 Å². The monoisotopic (exact) mass is 444 g/mol. The fourth-order valence-corrected chi connectivity index (χ4v) is 3.41. The summed E-state index contributed by atoms with van der Waals surface area (Å²) in [6, 6.07) is 4.83. The molecule has 0 radical (unpaired) electrons. The summed E-state index contributed by atoms with van der Waals surface area (Å²) in [5.74, 6) is 2.19. The molecule has 1 atom stereocenters. The minimum atomic E-state index is -0.381. The maximum atomic E-state index is 12.2. The van der Waals surface area contributed by atoms with Gasteiger partial charge in [-0.3, -0.25) is 5.32 Å². The first kappa shape index (κ1) is 22.5. The third-order valence-corrected chi connectivity index (χ3v) is 5.06. The summed E-state index contributed by atoms with van der Waals surface area (Å²) >= 11 is 1.37. The van der Waals surface area contributed by atoms with E-state index in [0.29, 0.717) is 22.3 Å². The molecule has 8 nitrogen and oxygen atoms in total. The number of rotatable bonds is 4. The van der Waals surface area contributed by atoms with Crippen LogP contribution in [0.2, 0.25) is 0 Å². The molecule has 0 spiro atoms. The highest BCUT2D eigenvalue weighted by Gasteiger charge is 2.25. The number of ether oxygens (including phenoxy) is 3. The van der Waals surface area contributed by atoms with Gasteiger partial charge < -0.3 is 24.8 Å². The van der Waals surface area contributed by atoms with E-state index < -0.39 is 0 Å². The summed E-state index contributed by atoms with van der Waals surface area (Å²) in [7, 11) is 0. The largest absolute Gasteiger partial charge is 0.469 e. The van der Waals surface area contributed by atoms with Crippen molar-refractivity contribution in [1.82, 2.24) is 10.3 Å². The average Bonchev–Trinajstić information content (AvgIpc) is 3.48. The molecule has 166 valence electrons. The number of amides is 2. The van der Waals surface area contributed by atoms with Crippen molar-refractivity contribution in [3.63, 3.8) is 0 Å². The highest BCUT2D eigenvalue weighted by molar-refractivity contribution is 7.16. The Morgan fingerprint density at radius 3 is 2.74 bits per heavy atom. The van der Waals surface area contributed by atoms with E-state index in [1.807, 2.05) is 32.2 Å². The minimum absolute atomic E-state index is 0.0392. The zero-order chi connectivity index (χ0) is 22.4. The molecule has 31 heavy (non-hydrogen) atoms. The Morgan fingerprint density at radius 1 is 1.23 bits per heavy atom. The number of fused-ring (bicyclic) bond motifs is 1. The molecule has 3 heterocycles. The van der Waals surface area contributed by atoms with Crippen molar-refractivity contribution in [2.75, 3.05) is 17.4 Å². The van der Waals surface area contributed by atoms with Gasteiger partial charge >= 0.3 is 6.03 Å². The van der Waals surface area contributed by atoms with Gasteiger partial charge in [0.25, 0.3) is 0 Å². The first-order chi connectivity index (χ1) is 14.9. The van der Waals surface area contributed by atoms with Crippen molar-refractivity contribution in [2.24, 2.45) is 5.41 Å². The molecule has 1 aromatic carbocycles. The Balaban J connectivity index is 0.00000132. The van der Waals surface area contributed by atoms with E-state index in [9.17, 15) is 4.79 Å². The van der Waals surface area contributed by atoms with Gasteiger partial charge in [-0.1, -0.05) is 46.0 Å². The minimum Gasteiger partial charge on any atom is -0.469 e. The van der Waals surface area contributed by atoms with Crippen molar-refractivity contribution >= 4 is 34.3 Å². The molecule has 1 unspecified atom stereocenters. The van der Waals surface area contributed by atoms with Gasteiger partial charge in [0.05, 0.1) is 0 Å². The maximum Gasteiger partial charge on any atom is 0.325 e. The molecule has 3 N–H and O–H groups in total. The van der Waals surface area contributed by atoms with Crippen molar-refractivity contribution in [3.8, 4) is 11.5 Å². The number of hydrogen-bond donors (Lipinski definition) is 3. The molecule has 0 fully saturated rings. The molecular weight excluding hydrogens is 416 g/mol. The van der Waals surface area contributed by atoms with Crippen molar-refractivity contribution in [2.45, 2.75) is 40.8 Å². The predicted octanol–water partition coefficient (Wildman–Crippen LogP) is 5.39. The number of hydrogen-bond acceptors (Lipinski definition) is 7. The summed E-state index contributed by atoms with van der Waals surface area (Å²) in [6.45, 7) is 10.5. The molecular formula is C22H28N4O4S. The fourth-order valence-electron chi connectivity index (χ4n) is 2.69. The zero-order valence-electron chi connectivity index (χ0n) is 18.3. The Bertz CT molecular complexity index is 978. The van der Waals surface area contributed by atoms with Gasteiger partial charge in [0.1, 0.15) is 5.76 Å². The molecule has 0 bridgehead atoms. The van der Waals surface area contributed by atoms with Crippen LogP contribution in [0, 0.1) is 5.41 Å². The van der Waals surface area contributed by atoms with Gasteiger partial charge in [0.2, 0.25) is 6.79 Å². The number of nitrogens with zero attached hydrogens (tertiary/aromatic N) is 1. The highest BCUT2D eigenvalue weighted by atomic mass is 32.1. The summed E-state index contributed by atoms with van der Waals surface area (Å²) in [4.78, 5) is 17.3. The third-order valence-electron chi connectivity index (χ3n) is 4.18. The van der Waals surface area contributed by atoms with Crippen LogP contribution in [0.25, 0.3) is 6.08 Å². The highest BCUT2D eigenvalue weighted by Crippen LogP contribution is 2.34. The van der Waals surface area contributed by atoms with Crippen LogP contribution in [-0.2, 0) is 4.74 Å². The van der Waals surface area contributed by atoms with Gasteiger partial charge in [-0.05, 0) is 24.3 Å². The first-order valence-corrected chi connectivity index (χ1v) is 10.9. The van der Waals surface area contributed by atoms with Crippen LogP contribution in [-0.4, -0.2) is 24.0 Å². The van der Waals surface area contributed by atoms with E-state index in [-0.39, 0.29) is 24.5 Å². The van der Waals surface area contributed by atoms with Crippen LogP contribution in [0.1, 0.15) is 39.5 Å². The number of urea groups is 1. The number of allylic oxidation sites excluding steroid dienone is 1. The number of carbonyl (C=O) groups is 1. The van der Waals surface area contributed by atoms with Crippen LogP contribution in [0.5, 0.6) is 11.5 Å². The van der Waals surface area contributed by atoms with E-state index in [1.165, 1.54) is 11.3 Å². The van der Waals surface area contributed by atoms with Crippen LogP contribution in [0.15, 0.2) is 42.4 Å². The molecule has 4 rings (SSSR count).